The van der Waals surface area contributed by atoms with E-state index in [2.05, 4.69) is 0 Å². The fourth-order valence-corrected chi connectivity index (χ4v) is 3.91. The molecule has 2 fully saturated rings. The summed E-state index contributed by atoms with van der Waals surface area (Å²) in [7, 11) is 0. The van der Waals surface area contributed by atoms with Crippen molar-refractivity contribution in [3.63, 3.8) is 0 Å². The van der Waals surface area contributed by atoms with Crippen molar-refractivity contribution in [1.29, 1.82) is 0 Å². The Morgan fingerprint density at radius 3 is 2.24 bits per heavy atom. The van der Waals surface area contributed by atoms with E-state index in [0.29, 0.717) is 6.61 Å². The molecule has 29 heavy (non-hydrogen) atoms. The molecule has 0 saturated carbocycles. The summed E-state index contributed by atoms with van der Waals surface area (Å²) < 4.78 is 22.6. The standard InChI is InChI=1S/C22H24O7/c23-14-22-20(24)28-15-21(22,25)19(27-12-17-9-5-2-6-10-17)18(29-22)13-26-11-16-7-3-1-4-8-16/h1-10,18-19,23,25H,11-15H2/t18-,19-,21-,22+/m1/s1. The maximum atomic E-state index is 12.3. The number of carbonyl (C=O) groups excluding carboxylic acids is 1. The third-order valence-corrected chi connectivity index (χ3v) is 5.50. The van der Waals surface area contributed by atoms with Gasteiger partial charge in [0.05, 0.1) is 26.4 Å². The lowest BCUT2D eigenvalue weighted by atomic mass is 9.83. The van der Waals surface area contributed by atoms with E-state index in [1.54, 1.807) is 0 Å². The summed E-state index contributed by atoms with van der Waals surface area (Å²) in [4.78, 5) is 12.3. The average molecular weight is 400 g/mol. The predicted molar refractivity (Wildman–Crippen MR) is 102 cm³/mol. The zero-order valence-electron chi connectivity index (χ0n) is 15.9. The molecule has 2 heterocycles. The number of fused-ring (bicyclic) bond motifs is 1. The molecule has 4 rings (SSSR count). The zero-order valence-corrected chi connectivity index (χ0v) is 15.9. The molecule has 154 valence electrons. The Kier molecular flexibility index (Phi) is 5.67. The van der Waals surface area contributed by atoms with Gasteiger partial charge in [-0.3, -0.25) is 0 Å². The molecule has 0 unspecified atom stereocenters. The number of benzene rings is 2. The minimum Gasteiger partial charge on any atom is -0.460 e. The van der Waals surface area contributed by atoms with Crippen molar-refractivity contribution in [2.24, 2.45) is 0 Å². The lowest BCUT2D eigenvalue weighted by Crippen LogP contribution is -2.59. The van der Waals surface area contributed by atoms with E-state index in [-0.39, 0.29) is 19.8 Å². The van der Waals surface area contributed by atoms with Gasteiger partial charge >= 0.3 is 5.97 Å². The van der Waals surface area contributed by atoms with Crippen LogP contribution in [0.5, 0.6) is 0 Å². The molecule has 2 N–H and O–H groups in total. The Hall–Kier alpha value is -2.29. The highest BCUT2D eigenvalue weighted by molar-refractivity contribution is 5.85. The van der Waals surface area contributed by atoms with Crippen LogP contribution in [0.1, 0.15) is 11.1 Å². The minimum absolute atomic E-state index is 0.0890. The number of hydrogen-bond donors (Lipinski definition) is 2. The van der Waals surface area contributed by atoms with Crippen LogP contribution in [-0.2, 0) is 37.0 Å². The summed E-state index contributed by atoms with van der Waals surface area (Å²) in [6.07, 6.45) is -1.65. The first-order chi connectivity index (χ1) is 14.1. The Labute approximate surface area is 168 Å². The predicted octanol–water partition coefficient (Wildman–Crippen LogP) is 1.21. The second-order valence-electron chi connectivity index (χ2n) is 7.36. The summed E-state index contributed by atoms with van der Waals surface area (Å²) in [6, 6.07) is 19.1. The number of aliphatic hydroxyl groups is 2. The van der Waals surface area contributed by atoms with Crippen molar-refractivity contribution in [2.45, 2.75) is 36.6 Å². The van der Waals surface area contributed by atoms with Gasteiger partial charge in [0.25, 0.3) is 0 Å². The monoisotopic (exact) mass is 400 g/mol. The van der Waals surface area contributed by atoms with Gasteiger partial charge in [-0.15, -0.1) is 0 Å². The molecule has 7 nitrogen and oxygen atoms in total. The molecule has 2 aliphatic heterocycles. The second-order valence-corrected chi connectivity index (χ2v) is 7.36. The van der Waals surface area contributed by atoms with Crippen LogP contribution in [0.25, 0.3) is 0 Å². The molecular formula is C22H24O7. The number of rotatable bonds is 8. The van der Waals surface area contributed by atoms with Gasteiger partial charge in [-0.1, -0.05) is 60.7 Å². The van der Waals surface area contributed by atoms with Gasteiger partial charge in [0, 0.05) is 0 Å². The number of hydrogen-bond acceptors (Lipinski definition) is 7. The van der Waals surface area contributed by atoms with Crippen LogP contribution in [0, 0.1) is 0 Å². The molecule has 4 atom stereocenters. The summed E-state index contributed by atoms with van der Waals surface area (Å²) in [5.41, 5.74) is -1.77. The van der Waals surface area contributed by atoms with Gasteiger partial charge in [-0.2, -0.15) is 0 Å². The van der Waals surface area contributed by atoms with Crippen LogP contribution in [0.4, 0.5) is 0 Å². The van der Waals surface area contributed by atoms with Crippen molar-refractivity contribution >= 4 is 5.97 Å². The van der Waals surface area contributed by atoms with Gasteiger partial charge in [-0.05, 0) is 11.1 Å². The van der Waals surface area contributed by atoms with E-state index in [1.807, 2.05) is 60.7 Å². The van der Waals surface area contributed by atoms with Gasteiger partial charge in [0.2, 0.25) is 5.60 Å². The summed E-state index contributed by atoms with van der Waals surface area (Å²) >= 11 is 0. The van der Waals surface area contributed by atoms with E-state index >= 15 is 0 Å². The Balaban J connectivity index is 1.50. The quantitative estimate of drug-likeness (QED) is 0.643. The topological polar surface area (TPSA) is 94.5 Å². The van der Waals surface area contributed by atoms with Gasteiger partial charge in [0.15, 0.2) is 5.60 Å². The van der Waals surface area contributed by atoms with Crippen LogP contribution >= 0.6 is 0 Å². The van der Waals surface area contributed by atoms with Gasteiger partial charge < -0.3 is 29.2 Å². The molecule has 0 aliphatic carbocycles. The molecule has 0 amide bonds. The van der Waals surface area contributed by atoms with Crippen molar-refractivity contribution in [3.8, 4) is 0 Å². The van der Waals surface area contributed by atoms with E-state index in [1.165, 1.54) is 0 Å². The molecule has 2 saturated heterocycles. The molecule has 0 bridgehead atoms. The average Bonchev–Trinajstić information content (AvgIpc) is 3.15. The lowest BCUT2D eigenvalue weighted by Gasteiger charge is -2.31. The van der Waals surface area contributed by atoms with Crippen LogP contribution in [-0.4, -0.2) is 59.4 Å². The highest BCUT2D eigenvalue weighted by Crippen LogP contribution is 2.47. The number of aliphatic hydroxyl groups excluding tert-OH is 1. The van der Waals surface area contributed by atoms with Crippen LogP contribution < -0.4 is 0 Å². The number of ether oxygens (including phenoxy) is 4. The van der Waals surface area contributed by atoms with Crippen molar-refractivity contribution in [3.05, 3.63) is 71.8 Å². The molecule has 2 aromatic rings. The smallest absolute Gasteiger partial charge is 0.344 e. The SMILES string of the molecule is O=C1OC[C@@]2(O)[C@H](OCc3ccccc3)[C@@H](COCc3ccccc3)O[C@@]12CO. The molecule has 0 aromatic heterocycles. The largest absolute Gasteiger partial charge is 0.460 e. The zero-order chi connectivity index (χ0) is 20.3. The number of cyclic esters (lactones) is 1. The van der Waals surface area contributed by atoms with E-state index < -0.39 is 36.0 Å². The van der Waals surface area contributed by atoms with Crippen molar-refractivity contribution in [2.75, 3.05) is 19.8 Å². The van der Waals surface area contributed by atoms with Gasteiger partial charge in [-0.25, -0.2) is 4.79 Å². The fraction of sp³-hybridized carbons (Fsp3) is 0.409. The first-order valence-corrected chi connectivity index (χ1v) is 9.54. The first kappa shape index (κ1) is 20.0. The van der Waals surface area contributed by atoms with Crippen molar-refractivity contribution < 1.29 is 34.0 Å². The van der Waals surface area contributed by atoms with Gasteiger partial charge in [0.1, 0.15) is 18.8 Å². The summed E-state index contributed by atoms with van der Waals surface area (Å²) in [6.45, 7) is -0.362. The molecule has 0 spiro atoms. The minimum atomic E-state index is -1.87. The number of esters is 1. The van der Waals surface area contributed by atoms with Crippen LogP contribution in [0.15, 0.2) is 60.7 Å². The third-order valence-electron chi connectivity index (χ3n) is 5.50. The first-order valence-electron chi connectivity index (χ1n) is 9.54. The van der Waals surface area contributed by atoms with E-state index in [4.69, 9.17) is 18.9 Å². The Morgan fingerprint density at radius 1 is 1.00 bits per heavy atom. The van der Waals surface area contributed by atoms with Crippen molar-refractivity contribution in [1.82, 2.24) is 0 Å². The normalized spacial score (nSPS) is 30.9. The number of carbonyl (C=O) groups is 1. The summed E-state index contributed by atoms with van der Waals surface area (Å²) in [5.74, 6) is -0.790. The lowest BCUT2D eigenvalue weighted by molar-refractivity contribution is -0.174. The molecule has 2 aromatic carbocycles. The maximum Gasteiger partial charge on any atom is 0.344 e. The van der Waals surface area contributed by atoms with E-state index in [9.17, 15) is 15.0 Å². The molecule has 2 aliphatic rings. The fourth-order valence-electron chi connectivity index (χ4n) is 3.91. The molecular weight excluding hydrogens is 376 g/mol. The van der Waals surface area contributed by atoms with Crippen LogP contribution in [0.3, 0.4) is 0 Å². The highest BCUT2D eigenvalue weighted by atomic mass is 16.7. The molecule has 7 heteroatoms. The Bertz CT molecular complexity index is 828. The second kappa shape index (κ2) is 8.22. The maximum absolute atomic E-state index is 12.3. The van der Waals surface area contributed by atoms with Crippen LogP contribution in [0.2, 0.25) is 0 Å². The van der Waals surface area contributed by atoms with E-state index in [0.717, 1.165) is 11.1 Å². The third kappa shape index (κ3) is 3.56. The summed E-state index contributed by atoms with van der Waals surface area (Å²) in [5, 5.41) is 21.2. The highest BCUT2D eigenvalue weighted by Gasteiger charge is 2.74. The Morgan fingerprint density at radius 2 is 1.62 bits per heavy atom. The molecule has 0 radical (unpaired) electrons.